The van der Waals surface area contributed by atoms with Crippen LogP contribution < -0.4 is 16.0 Å². The van der Waals surface area contributed by atoms with Crippen LogP contribution in [0.3, 0.4) is 0 Å². The second kappa shape index (κ2) is 9.75. The van der Waals surface area contributed by atoms with Gasteiger partial charge in [0.1, 0.15) is 0 Å². The Balaban J connectivity index is 1.63. The van der Waals surface area contributed by atoms with Gasteiger partial charge in [0.2, 0.25) is 5.91 Å². The Kier molecular flexibility index (Phi) is 6.87. The van der Waals surface area contributed by atoms with E-state index in [1.807, 2.05) is 30.3 Å². The molecule has 0 saturated carbocycles. The first-order valence-corrected chi connectivity index (χ1v) is 9.71. The summed E-state index contributed by atoms with van der Waals surface area (Å²) in [5.74, 6) is -0.461. The Morgan fingerprint density at radius 1 is 0.862 bits per heavy atom. The largest absolute Gasteiger partial charge is 0.376 e. The first-order chi connectivity index (χ1) is 14.0. The third-order valence-electron chi connectivity index (χ3n) is 4.33. The molecule has 0 bridgehead atoms. The number of hydrogen-bond donors (Lipinski definition) is 3. The highest BCUT2D eigenvalue weighted by Gasteiger charge is 2.12. The van der Waals surface area contributed by atoms with Gasteiger partial charge in [-0.25, -0.2) is 0 Å². The fraction of sp³-hybridized carbons (Fsp3) is 0.130. The summed E-state index contributed by atoms with van der Waals surface area (Å²) < 4.78 is 0. The first kappa shape index (κ1) is 20.4. The van der Waals surface area contributed by atoms with E-state index in [1.54, 1.807) is 42.5 Å². The third kappa shape index (κ3) is 5.83. The molecule has 0 radical (unpaired) electrons. The molecule has 0 aliphatic carbocycles. The molecule has 0 aliphatic rings. The predicted octanol–water partition coefficient (Wildman–Crippen LogP) is 5.21. The van der Waals surface area contributed by atoms with E-state index < -0.39 is 0 Å². The SMILES string of the molecule is CCc1cccc(NC(=O)CNc2ccccc2C(=O)Nc2ccc(Cl)cc2)c1. The minimum Gasteiger partial charge on any atom is -0.376 e. The van der Waals surface area contributed by atoms with Crippen molar-refractivity contribution >= 4 is 40.5 Å². The van der Waals surface area contributed by atoms with Gasteiger partial charge in [0.15, 0.2) is 0 Å². The molecule has 3 rings (SSSR count). The first-order valence-electron chi connectivity index (χ1n) is 9.34. The highest BCUT2D eigenvalue weighted by atomic mass is 35.5. The van der Waals surface area contributed by atoms with Crippen LogP contribution in [0.4, 0.5) is 17.1 Å². The molecular formula is C23H22ClN3O2. The van der Waals surface area contributed by atoms with E-state index in [2.05, 4.69) is 22.9 Å². The number of halogens is 1. The van der Waals surface area contributed by atoms with Crippen molar-refractivity contribution in [2.75, 3.05) is 22.5 Å². The quantitative estimate of drug-likeness (QED) is 0.503. The molecule has 5 nitrogen and oxygen atoms in total. The lowest BCUT2D eigenvalue weighted by atomic mass is 10.1. The van der Waals surface area contributed by atoms with Crippen LogP contribution in [0.1, 0.15) is 22.8 Å². The van der Waals surface area contributed by atoms with E-state index in [1.165, 1.54) is 0 Å². The number of hydrogen-bond acceptors (Lipinski definition) is 3. The molecule has 0 atom stereocenters. The van der Waals surface area contributed by atoms with Gasteiger partial charge in [-0.2, -0.15) is 0 Å². The average Bonchev–Trinajstić information content (AvgIpc) is 2.74. The number of nitrogens with one attached hydrogen (secondary N) is 3. The Labute approximate surface area is 175 Å². The molecule has 148 valence electrons. The molecule has 0 heterocycles. The summed E-state index contributed by atoms with van der Waals surface area (Å²) in [6, 6.07) is 21.7. The van der Waals surface area contributed by atoms with Crippen LogP contribution >= 0.6 is 11.6 Å². The molecule has 0 aliphatic heterocycles. The molecule has 29 heavy (non-hydrogen) atoms. The molecule has 0 saturated heterocycles. The minimum absolute atomic E-state index is 0.0432. The fourth-order valence-corrected chi connectivity index (χ4v) is 2.94. The fourth-order valence-electron chi connectivity index (χ4n) is 2.82. The Morgan fingerprint density at radius 3 is 2.38 bits per heavy atom. The maximum atomic E-state index is 12.6. The summed E-state index contributed by atoms with van der Waals surface area (Å²) in [6.45, 7) is 2.11. The van der Waals surface area contributed by atoms with Gasteiger partial charge in [-0.15, -0.1) is 0 Å². The zero-order chi connectivity index (χ0) is 20.6. The summed E-state index contributed by atoms with van der Waals surface area (Å²) in [5, 5.41) is 9.34. The average molecular weight is 408 g/mol. The van der Waals surface area contributed by atoms with E-state index in [4.69, 9.17) is 11.6 Å². The lowest BCUT2D eigenvalue weighted by Gasteiger charge is -2.13. The lowest BCUT2D eigenvalue weighted by molar-refractivity contribution is -0.114. The van der Waals surface area contributed by atoms with Gasteiger partial charge in [0.05, 0.1) is 12.1 Å². The molecule has 0 spiro atoms. The Morgan fingerprint density at radius 2 is 1.62 bits per heavy atom. The normalized spacial score (nSPS) is 10.3. The second-order valence-electron chi connectivity index (χ2n) is 6.46. The monoisotopic (exact) mass is 407 g/mol. The number of amides is 2. The van der Waals surface area contributed by atoms with Crippen molar-refractivity contribution < 1.29 is 9.59 Å². The van der Waals surface area contributed by atoms with Crippen molar-refractivity contribution in [1.29, 1.82) is 0 Å². The maximum absolute atomic E-state index is 12.6. The van der Waals surface area contributed by atoms with Gasteiger partial charge < -0.3 is 16.0 Å². The number of aryl methyl sites for hydroxylation is 1. The molecular weight excluding hydrogens is 386 g/mol. The third-order valence-corrected chi connectivity index (χ3v) is 4.58. The van der Waals surface area contributed by atoms with E-state index in [9.17, 15) is 9.59 Å². The molecule has 0 aromatic heterocycles. The van der Waals surface area contributed by atoms with Crippen LogP contribution in [-0.2, 0) is 11.2 Å². The number of benzene rings is 3. The number of rotatable bonds is 7. The molecule has 3 aromatic rings. The predicted molar refractivity (Wildman–Crippen MR) is 119 cm³/mol. The molecule has 0 fully saturated rings. The number of para-hydroxylation sites is 1. The van der Waals surface area contributed by atoms with Crippen molar-refractivity contribution in [3.63, 3.8) is 0 Å². The second-order valence-corrected chi connectivity index (χ2v) is 6.90. The molecule has 3 aromatic carbocycles. The van der Waals surface area contributed by atoms with Crippen molar-refractivity contribution in [3.8, 4) is 0 Å². The minimum atomic E-state index is -0.272. The van der Waals surface area contributed by atoms with E-state index >= 15 is 0 Å². The van der Waals surface area contributed by atoms with Crippen LogP contribution in [0.15, 0.2) is 72.8 Å². The smallest absolute Gasteiger partial charge is 0.257 e. The van der Waals surface area contributed by atoms with E-state index in [-0.39, 0.29) is 18.4 Å². The topological polar surface area (TPSA) is 70.2 Å². The van der Waals surface area contributed by atoms with Crippen LogP contribution in [0.25, 0.3) is 0 Å². The van der Waals surface area contributed by atoms with Gasteiger partial charge in [-0.05, 0) is 60.5 Å². The lowest BCUT2D eigenvalue weighted by Crippen LogP contribution is -2.23. The van der Waals surface area contributed by atoms with Crippen LogP contribution in [-0.4, -0.2) is 18.4 Å². The maximum Gasteiger partial charge on any atom is 0.257 e. The highest BCUT2D eigenvalue weighted by molar-refractivity contribution is 6.30. The van der Waals surface area contributed by atoms with Gasteiger partial charge in [0.25, 0.3) is 5.91 Å². The number of anilines is 3. The summed E-state index contributed by atoms with van der Waals surface area (Å²) in [4.78, 5) is 24.9. The van der Waals surface area contributed by atoms with Gasteiger partial charge in [-0.1, -0.05) is 42.8 Å². The molecule has 2 amide bonds. The number of carbonyl (C=O) groups excluding carboxylic acids is 2. The van der Waals surface area contributed by atoms with Crippen molar-refractivity contribution in [2.24, 2.45) is 0 Å². The Bertz CT molecular complexity index is 1000. The van der Waals surface area contributed by atoms with Gasteiger partial charge >= 0.3 is 0 Å². The summed E-state index contributed by atoms with van der Waals surface area (Å²) in [6.07, 6.45) is 0.901. The highest BCUT2D eigenvalue weighted by Crippen LogP contribution is 2.19. The summed E-state index contributed by atoms with van der Waals surface area (Å²) in [7, 11) is 0. The van der Waals surface area contributed by atoms with Crippen molar-refractivity contribution in [1.82, 2.24) is 0 Å². The molecule has 6 heteroatoms. The summed E-state index contributed by atoms with van der Waals surface area (Å²) >= 11 is 5.88. The van der Waals surface area contributed by atoms with E-state index in [0.717, 1.165) is 17.7 Å². The zero-order valence-corrected chi connectivity index (χ0v) is 16.8. The van der Waals surface area contributed by atoms with Crippen molar-refractivity contribution in [3.05, 3.63) is 88.9 Å². The summed E-state index contributed by atoms with van der Waals surface area (Å²) in [5.41, 5.74) is 3.58. The molecule has 0 unspecified atom stereocenters. The number of carbonyl (C=O) groups is 2. The van der Waals surface area contributed by atoms with Gasteiger partial charge in [0, 0.05) is 22.1 Å². The van der Waals surface area contributed by atoms with Crippen molar-refractivity contribution in [2.45, 2.75) is 13.3 Å². The van der Waals surface area contributed by atoms with Crippen LogP contribution in [0.2, 0.25) is 5.02 Å². The standard InChI is InChI=1S/C23H22ClN3O2/c1-2-16-6-5-7-19(14-16)26-22(28)15-25-21-9-4-3-8-20(21)23(29)27-18-12-10-17(24)11-13-18/h3-14,25H,2,15H2,1H3,(H,26,28)(H,27,29). The van der Waals surface area contributed by atoms with Crippen LogP contribution in [0.5, 0.6) is 0 Å². The molecule has 3 N–H and O–H groups in total. The Hall–Kier alpha value is -3.31. The van der Waals surface area contributed by atoms with Gasteiger partial charge in [-0.3, -0.25) is 9.59 Å². The van der Waals surface area contributed by atoms with Crippen LogP contribution in [0, 0.1) is 0 Å². The van der Waals surface area contributed by atoms with E-state index in [0.29, 0.717) is 22.0 Å². The zero-order valence-electron chi connectivity index (χ0n) is 16.0.